The van der Waals surface area contributed by atoms with Crippen molar-refractivity contribution in [2.45, 2.75) is 38.4 Å². The van der Waals surface area contributed by atoms with Crippen LogP contribution in [0.5, 0.6) is 0 Å². The van der Waals surface area contributed by atoms with E-state index in [1.165, 1.54) is 30.0 Å². The molecule has 5 heterocycles. The van der Waals surface area contributed by atoms with Gasteiger partial charge in [-0.05, 0) is 56.8 Å². The fraction of sp³-hybridized carbons (Fsp3) is 0.636. The van der Waals surface area contributed by atoms with Gasteiger partial charge in [0.25, 0.3) is 0 Å². The topological polar surface area (TPSA) is 68.8 Å². The van der Waals surface area contributed by atoms with E-state index in [-0.39, 0.29) is 12.2 Å². The van der Waals surface area contributed by atoms with Crippen molar-refractivity contribution < 1.29 is 9.13 Å². The third-order valence-electron chi connectivity index (χ3n) is 6.92. The number of pyridine rings is 1. The number of ether oxygens (including phenoxy) is 1. The van der Waals surface area contributed by atoms with Crippen LogP contribution in [0.2, 0.25) is 0 Å². The largest absolute Gasteiger partial charge is 0.370 e. The van der Waals surface area contributed by atoms with E-state index in [1.807, 2.05) is 6.07 Å². The van der Waals surface area contributed by atoms with Crippen molar-refractivity contribution in [2.24, 2.45) is 5.41 Å². The molecule has 0 aromatic carbocycles. The molecule has 0 radical (unpaired) electrons. The Hall–Kier alpha value is -2.21. The number of hydrogen-bond donors (Lipinski definition) is 1. The summed E-state index contributed by atoms with van der Waals surface area (Å²) in [6, 6.07) is 5.64. The molecule has 3 aliphatic rings. The summed E-state index contributed by atoms with van der Waals surface area (Å²) < 4.78 is 22.2. The Morgan fingerprint density at radius 1 is 1.37 bits per heavy atom. The monoisotopic (exact) mass is 412 g/mol. The molecular formula is C22H29FN6O. The Morgan fingerprint density at radius 2 is 2.27 bits per heavy atom. The molecule has 7 nitrogen and oxygen atoms in total. The third-order valence-corrected chi connectivity index (χ3v) is 6.92. The summed E-state index contributed by atoms with van der Waals surface area (Å²) in [4.78, 5) is 4.73. The van der Waals surface area contributed by atoms with Gasteiger partial charge in [0, 0.05) is 32.7 Å². The molecule has 2 aromatic rings. The van der Waals surface area contributed by atoms with Crippen LogP contribution in [0.1, 0.15) is 31.9 Å². The molecule has 0 saturated carbocycles. The van der Waals surface area contributed by atoms with Gasteiger partial charge in [-0.1, -0.05) is 0 Å². The highest BCUT2D eigenvalue weighted by atomic mass is 19.1. The predicted molar refractivity (Wildman–Crippen MR) is 112 cm³/mol. The summed E-state index contributed by atoms with van der Waals surface area (Å²) in [5.41, 5.74) is 1.91. The van der Waals surface area contributed by atoms with E-state index in [0.717, 1.165) is 38.4 Å². The molecular weight excluding hydrogens is 383 g/mol. The van der Waals surface area contributed by atoms with Crippen LogP contribution < -0.4 is 10.2 Å². The highest BCUT2D eigenvalue weighted by molar-refractivity contribution is 5.74. The third kappa shape index (κ3) is 3.55. The Kier molecular flexibility index (Phi) is 5.13. The zero-order chi connectivity index (χ0) is 20.7. The molecule has 3 fully saturated rings. The Bertz CT molecular complexity index is 962. The summed E-state index contributed by atoms with van der Waals surface area (Å²) >= 11 is 0. The van der Waals surface area contributed by atoms with Crippen molar-refractivity contribution in [1.29, 1.82) is 5.26 Å². The first-order valence-electron chi connectivity index (χ1n) is 11.0. The summed E-state index contributed by atoms with van der Waals surface area (Å²) in [5, 5.41) is 17.0. The Labute approximate surface area is 176 Å². The number of piperidine rings is 1. The van der Waals surface area contributed by atoms with Gasteiger partial charge in [0.2, 0.25) is 0 Å². The number of hydrogen-bond acceptors (Lipinski definition) is 6. The van der Waals surface area contributed by atoms with Gasteiger partial charge in [-0.2, -0.15) is 10.4 Å². The molecule has 3 aliphatic heterocycles. The van der Waals surface area contributed by atoms with E-state index in [9.17, 15) is 9.65 Å². The molecule has 0 aliphatic carbocycles. The maximum absolute atomic E-state index is 14.5. The summed E-state index contributed by atoms with van der Waals surface area (Å²) in [5.74, 6) is -0.399. The van der Waals surface area contributed by atoms with E-state index in [0.29, 0.717) is 29.7 Å². The fourth-order valence-corrected chi connectivity index (χ4v) is 5.58. The van der Waals surface area contributed by atoms with Crippen LogP contribution in [0.4, 0.5) is 10.1 Å². The van der Waals surface area contributed by atoms with E-state index in [1.54, 1.807) is 6.07 Å². The quantitative estimate of drug-likeness (QED) is 0.832. The molecule has 1 unspecified atom stereocenters. The lowest BCUT2D eigenvalue weighted by atomic mass is 9.80. The minimum Gasteiger partial charge on any atom is -0.370 e. The van der Waals surface area contributed by atoms with E-state index < -0.39 is 5.82 Å². The number of aromatic nitrogens is 2. The van der Waals surface area contributed by atoms with Crippen LogP contribution >= 0.6 is 0 Å². The number of likely N-dealkylation sites (tertiary alicyclic amines) is 1. The highest BCUT2D eigenvalue weighted by Gasteiger charge is 2.40. The maximum atomic E-state index is 14.5. The molecule has 2 aromatic heterocycles. The minimum absolute atomic E-state index is 0.0540. The van der Waals surface area contributed by atoms with Gasteiger partial charge in [-0.15, -0.1) is 0 Å². The van der Waals surface area contributed by atoms with Crippen LogP contribution in [0.25, 0.3) is 5.52 Å². The van der Waals surface area contributed by atoms with Crippen molar-refractivity contribution in [3.8, 4) is 6.07 Å². The summed E-state index contributed by atoms with van der Waals surface area (Å²) in [6.07, 6.45) is 5.14. The SMILES string of the molecule is C[C@@H]1CN(c2ccc(C#N)n3ncc(F)c23)C[C@H](CN2CCC3(CCCNC3)C2)O1. The second kappa shape index (κ2) is 7.80. The Balaban J connectivity index is 1.33. The smallest absolute Gasteiger partial charge is 0.171 e. The molecule has 3 atom stereocenters. The summed E-state index contributed by atoms with van der Waals surface area (Å²) in [7, 11) is 0. The first kappa shape index (κ1) is 19.7. The standard InChI is InChI=1S/C22H29FN6O/c1-16-11-28(20-4-3-17(9-24)29-21(20)19(23)10-26-29)13-18(30-16)12-27-8-6-22(15-27)5-2-7-25-14-22/h3-4,10,16,18,25H,2,5-8,11-15H2,1H3/t16-,18+,22?/m1/s1. The molecule has 0 amide bonds. The van der Waals surface area contributed by atoms with Crippen LogP contribution in [-0.4, -0.2) is 72.5 Å². The minimum atomic E-state index is -0.399. The number of morpholine rings is 1. The van der Waals surface area contributed by atoms with Crippen LogP contribution in [-0.2, 0) is 4.74 Å². The van der Waals surface area contributed by atoms with Crippen molar-refractivity contribution >= 4 is 11.2 Å². The lowest BCUT2D eigenvalue weighted by Gasteiger charge is -2.40. The number of rotatable bonds is 3. The number of fused-ring (bicyclic) bond motifs is 1. The van der Waals surface area contributed by atoms with Gasteiger partial charge in [0.15, 0.2) is 5.82 Å². The molecule has 8 heteroatoms. The first-order chi connectivity index (χ1) is 14.6. The zero-order valence-electron chi connectivity index (χ0n) is 17.5. The Morgan fingerprint density at radius 3 is 3.07 bits per heavy atom. The molecule has 1 spiro atoms. The lowest BCUT2D eigenvalue weighted by Crippen LogP contribution is -2.51. The second-order valence-corrected chi connectivity index (χ2v) is 9.21. The van der Waals surface area contributed by atoms with Crippen molar-refractivity contribution in [2.75, 3.05) is 50.7 Å². The van der Waals surface area contributed by atoms with E-state index in [4.69, 9.17) is 4.74 Å². The number of halogens is 1. The highest BCUT2D eigenvalue weighted by Crippen LogP contribution is 2.37. The van der Waals surface area contributed by atoms with Crippen molar-refractivity contribution in [1.82, 2.24) is 19.8 Å². The molecule has 160 valence electrons. The molecule has 1 N–H and O–H groups in total. The number of nitriles is 1. The van der Waals surface area contributed by atoms with E-state index in [2.05, 4.69) is 33.2 Å². The summed E-state index contributed by atoms with van der Waals surface area (Å²) in [6.45, 7) is 8.89. The van der Waals surface area contributed by atoms with Gasteiger partial charge < -0.3 is 19.9 Å². The number of nitrogens with zero attached hydrogens (tertiary/aromatic N) is 5. The zero-order valence-corrected chi connectivity index (χ0v) is 17.5. The average molecular weight is 413 g/mol. The molecule has 30 heavy (non-hydrogen) atoms. The van der Waals surface area contributed by atoms with Crippen LogP contribution in [0.3, 0.4) is 0 Å². The van der Waals surface area contributed by atoms with Gasteiger partial charge in [-0.25, -0.2) is 8.91 Å². The van der Waals surface area contributed by atoms with Gasteiger partial charge in [0.1, 0.15) is 17.3 Å². The normalized spacial score (nSPS) is 30.2. The van der Waals surface area contributed by atoms with Gasteiger partial charge in [0.05, 0.1) is 24.1 Å². The molecule has 0 bridgehead atoms. The fourth-order valence-electron chi connectivity index (χ4n) is 5.58. The average Bonchev–Trinajstić information content (AvgIpc) is 3.31. The van der Waals surface area contributed by atoms with Crippen LogP contribution in [0.15, 0.2) is 18.3 Å². The maximum Gasteiger partial charge on any atom is 0.171 e. The predicted octanol–water partition coefficient (Wildman–Crippen LogP) is 2.01. The van der Waals surface area contributed by atoms with Crippen LogP contribution in [0, 0.1) is 22.6 Å². The lowest BCUT2D eigenvalue weighted by molar-refractivity contribution is -0.0308. The molecule has 3 saturated heterocycles. The second-order valence-electron chi connectivity index (χ2n) is 9.21. The van der Waals surface area contributed by atoms with Crippen molar-refractivity contribution in [3.05, 3.63) is 29.8 Å². The first-order valence-corrected chi connectivity index (χ1v) is 11.0. The van der Waals surface area contributed by atoms with Gasteiger partial charge in [-0.3, -0.25) is 0 Å². The molecule has 5 rings (SSSR count). The van der Waals surface area contributed by atoms with Crippen molar-refractivity contribution in [3.63, 3.8) is 0 Å². The number of nitrogens with one attached hydrogen (secondary N) is 1. The van der Waals surface area contributed by atoms with E-state index >= 15 is 0 Å². The van der Waals surface area contributed by atoms with Gasteiger partial charge >= 0.3 is 0 Å². The number of anilines is 1.